The molecular formula is C14H21FN2O2S. The van der Waals surface area contributed by atoms with Crippen LogP contribution in [0.3, 0.4) is 0 Å². The predicted octanol–water partition coefficient (Wildman–Crippen LogP) is 2.02. The maximum atomic E-state index is 13.2. The Labute approximate surface area is 119 Å². The normalized spacial score (nSPS) is 24.8. The van der Waals surface area contributed by atoms with E-state index in [1.807, 2.05) is 6.92 Å². The number of benzene rings is 1. The van der Waals surface area contributed by atoms with Gasteiger partial charge in [-0.25, -0.2) is 12.8 Å². The minimum Gasteiger partial charge on any atom is -0.329 e. The first kappa shape index (κ1) is 15.4. The van der Waals surface area contributed by atoms with Gasteiger partial charge in [0.05, 0.1) is 4.90 Å². The first-order valence-corrected chi connectivity index (χ1v) is 8.31. The lowest BCUT2D eigenvalue weighted by molar-refractivity contribution is 0.196. The molecule has 2 unspecified atom stereocenters. The van der Waals surface area contributed by atoms with Gasteiger partial charge in [-0.15, -0.1) is 0 Å². The van der Waals surface area contributed by atoms with Crippen LogP contribution < -0.4 is 5.73 Å². The van der Waals surface area contributed by atoms with Gasteiger partial charge in [0.25, 0.3) is 0 Å². The highest BCUT2D eigenvalue weighted by Gasteiger charge is 2.37. The van der Waals surface area contributed by atoms with E-state index >= 15 is 0 Å². The Morgan fingerprint density at radius 1 is 1.40 bits per heavy atom. The standard InChI is InChI=1S/C14H21FN2O2S/c1-10-8-12(15)6-7-14(10)20(18,19)17-11(2)4-3-5-13(17)9-16/h6-8,11,13H,3-5,9,16H2,1-2H3. The molecule has 1 heterocycles. The third-order valence-electron chi connectivity index (χ3n) is 3.92. The van der Waals surface area contributed by atoms with Gasteiger partial charge in [0.15, 0.2) is 0 Å². The number of halogens is 1. The molecule has 1 aliphatic rings. The number of hydrogen-bond donors (Lipinski definition) is 1. The molecule has 2 N–H and O–H groups in total. The van der Waals surface area contributed by atoms with Crippen LogP contribution in [-0.4, -0.2) is 31.4 Å². The van der Waals surface area contributed by atoms with E-state index in [-0.39, 0.29) is 17.0 Å². The molecule has 0 bridgehead atoms. The fourth-order valence-corrected chi connectivity index (χ4v) is 5.03. The van der Waals surface area contributed by atoms with Gasteiger partial charge in [-0.2, -0.15) is 4.31 Å². The van der Waals surface area contributed by atoms with Crippen LogP contribution in [0.15, 0.2) is 23.1 Å². The fraction of sp³-hybridized carbons (Fsp3) is 0.571. The molecule has 1 aromatic rings. The van der Waals surface area contributed by atoms with E-state index in [2.05, 4.69) is 0 Å². The second-order valence-corrected chi connectivity index (χ2v) is 7.23. The Morgan fingerprint density at radius 3 is 2.70 bits per heavy atom. The van der Waals surface area contributed by atoms with Crippen LogP contribution >= 0.6 is 0 Å². The summed E-state index contributed by atoms with van der Waals surface area (Å²) in [5.74, 6) is -0.427. The van der Waals surface area contributed by atoms with E-state index in [1.54, 1.807) is 6.92 Å². The molecule has 2 rings (SSSR count). The van der Waals surface area contributed by atoms with Crippen molar-refractivity contribution in [1.29, 1.82) is 0 Å². The largest absolute Gasteiger partial charge is 0.329 e. The smallest absolute Gasteiger partial charge is 0.243 e. The van der Waals surface area contributed by atoms with Crippen molar-refractivity contribution in [2.24, 2.45) is 5.73 Å². The third-order valence-corrected chi connectivity index (χ3v) is 6.15. The summed E-state index contributed by atoms with van der Waals surface area (Å²) in [7, 11) is -3.63. The number of aryl methyl sites for hydroxylation is 1. The van der Waals surface area contributed by atoms with Gasteiger partial charge in [-0.05, 0) is 50.5 Å². The zero-order valence-corrected chi connectivity index (χ0v) is 12.7. The van der Waals surface area contributed by atoms with Crippen LogP contribution in [0.4, 0.5) is 4.39 Å². The molecule has 20 heavy (non-hydrogen) atoms. The lowest BCUT2D eigenvalue weighted by atomic mass is 10.00. The number of rotatable bonds is 3. The zero-order valence-electron chi connectivity index (χ0n) is 11.8. The summed E-state index contributed by atoms with van der Waals surface area (Å²) in [5, 5.41) is 0. The van der Waals surface area contributed by atoms with Crippen molar-refractivity contribution >= 4 is 10.0 Å². The Kier molecular flexibility index (Phi) is 4.46. The first-order valence-electron chi connectivity index (χ1n) is 6.87. The van der Waals surface area contributed by atoms with E-state index in [1.165, 1.54) is 22.5 Å². The quantitative estimate of drug-likeness (QED) is 0.929. The molecular weight excluding hydrogens is 279 g/mol. The fourth-order valence-electron chi connectivity index (χ4n) is 2.93. The van der Waals surface area contributed by atoms with Crippen LogP contribution in [0.2, 0.25) is 0 Å². The van der Waals surface area contributed by atoms with Gasteiger partial charge >= 0.3 is 0 Å². The van der Waals surface area contributed by atoms with Crippen molar-refractivity contribution in [3.63, 3.8) is 0 Å². The molecule has 0 aromatic heterocycles. The van der Waals surface area contributed by atoms with Crippen molar-refractivity contribution in [2.45, 2.75) is 50.1 Å². The molecule has 2 atom stereocenters. The molecule has 4 nitrogen and oxygen atoms in total. The van der Waals surface area contributed by atoms with Gasteiger partial charge in [0, 0.05) is 18.6 Å². The molecule has 0 aliphatic carbocycles. The van der Waals surface area contributed by atoms with E-state index < -0.39 is 15.8 Å². The molecule has 1 fully saturated rings. The van der Waals surface area contributed by atoms with Crippen molar-refractivity contribution < 1.29 is 12.8 Å². The number of sulfonamides is 1. The summed E-state index contributed by atoms with van der Waals surface area (Å²) in [6, 6.07) is 3.53. The van der Waals surface area contributed by atoms with Crippen molar-refractivity contribution in [3.8, 4) is 0 Å². The number of nitrogens with zero attached hydrogens (tertiary/aromatic N) is 1. The van der Waals surface area contributed by atoms with E-state index in [9.17, 15) is 12.8 Å². The maximum absolute atomic E-state index is 13.2. The van der Waals surface area contributed by atoms with E-state index in [4.69, 9.17) is 5.73 Å². The van der Waals surface area contributed by atoms with Gasteiger partial charge in [-0.1, -0.05) is 6.42 Å². The van der Waals surface area contributed by atoms with Gasteiger partial charge in [-0.3, -0.25) is 0 Å². The van der Waals surface area contributed by atoms with Crippen LogP contribution in [0.5, 0.6) is 0 Å². The minimum atomic E-state index is -3.63. The van der Waals surface area contributed by atoms with E-state index in [0.29, 0.717) is 12.1 Å². The summed E-state index contributed by atoms with van der Waals surface area (Å²) in [5.41, 5.74) is 6.16. The zero-order chi connectivity index (χ0) is 14.9. The van der Waals surface area contributed by atoms with Crippen LogP contribution in [0.1, 0.15) is 31.7 Å². The maximum Gasteiger partial charge on any atom is 0.243 e. The van der Waals surface area contributed by atoms with Gasteiger partial charge in [0.2, 0.25) is 10.0 Å². The van der Waals surface area contributed by atoms with E-state index in [0.717, 1.165) is 19.3 Å². The van der Waals surface area contributed by atoms with Crippen LogP contribution in [0.25, 0.3) is 0 Å². The van der Waals surface area contributed by atoms with Crippen molar-refractivity contribution in [2.75, 3.05) is 6.54 Å². The Hall–Kier alpha value is -0.980. The molecule has 0 radical (unpaired) electrons. The molecule has 1 saturated heterocycles. The highest BCUT2D eigenvalue weighted by molar-refractivity contribution is 7.89. The van der Waals surface area contributed by atoms with Gasteiger partial charge in [0.1, 0.15) is 5.82 Å². The third kappa shape index (κ3) is 2.73. The van der Waals surface area contributed by atoms with Crippen LogP contribution in [0, 0.1) is 12.7 Å². The predicted molar refractivity (Wildman–Crippen MR) is 76.3 cm³/mol. The monoisotopic (exact) mass is 300 g/mol. The number of nitrogens with two attached hydrogens (primary N) is 1. The molecule has 0 spiro atoms. The highest BCUT2D eigenvalue weighted by Crippen LogP contribution is 2.30. The summed E-state index contributed by atoms with van der Waals surface area (Å²) in [6.45, 7) is 3.82. The second-order valence-electron chi connectivity index (χ2n) is 5.41. The van der Waals surface area contributed by atoms with Crippen LogP contribution in [-0.2, 0) is 10.0 Å². The molecule has 1 aliphatic heterocycles. The lowest BCUT2D eigenvalue weighted by Gasteiger charge is -2.39. The summed E-state index contributed by atoms with van der Waals surface area (Å²) < 4.78 is 40.4. The summed E-state index contributed by atoms with van der Waals surface area (Å²) in [4.78, 5) is 0.172. The molecule has 0 amide bonds. The average Bonchev–Trinajstić information content (AvgIpc) is 2.37. The number of hydrogen-bond acceptors (Lipinski definition) is 3. The first-order chi connectivity index (χ1) is 9.37. The topological polar surface area (TPSA) is 63.4 Å². The average molecular weight is 300 g/mol. The summed E-state index contributed by atoms with van der Waals surface area (Å²) >= 11 is 0. The molecule has 112 valence electrons. The Bertz CT molecular complexity index is 589. The molecule has 6 heteroatoms. The van der Waals surface area contributed by atoms with Gasteiger partial charge < -0.3 is 5.73 Å². The van der Waals surface area contributed by atoms with Crippen molar-refractivity contribution in [1.82, 2.24) is 4.31 Å². The highest BCUT2D eigenvalue weighted by atomic mass is 32.2. The summed E-state index contributed by atoms with van der Waals surface area (Å²) in [6.07, 6.45) is 2.59. The lowest BCUT2D eigenvalue weighted by Crippen LogP contribution is -2.51. The molecule has 1 aromatic carbocycles. The second kappa shape index (κ2) is 5.79. The number of piperidine rings is 1. The Balaban J connectivity index is 2.47. The molecule has 0 saturated carbocycles. The Morgan fingerprint density at radius 2 is 2.10 bits per heavy atom. The minimum absolute atomic E-state index is 0.0771. The SMILES string of the molecule is Cc1cc(F)ccc1S(=O)(=O)N1C(C)CCCC1CN. The van der Waals surface area contributed by atoms with Crippen molar-refractivity contribution in [3.05, 3.63) is 29.6 Å².